The number of amides is 2. The molecule has 248 valence electrons. The number of aromatic nitrogens is 4. The maximum Gasteiger partial charge on any atom is 0.294 e. The van der Waals surface area contributed by atoms with Gasteiger partial charge in [0.05, 0.1) is 41.4 Å². The first-order valence-corrected chi connectivity index (χ1v) is 15.7. The summed E-state index contributed by atoms with van der Waals surface area (Å²) >= 11 is 0. The van der Waals surface area contributed by atoms with Crippen LogP contribution in [0.1, 0.15) is 46.1 Å². The van der Waals surface area contributed by atoms with Crippen LogP contribution < -0.4 is 11.5 Å². The van der Waals surface area contributed by atoms with E-state index in [9.17, 15) is 36.6 Å². The van der Waals surface area contributed by atoms with Crippen molar-refractivity contribution in [3.63, 3.8) is 0 Å². The SMILES string of the molecule is Cc1ccc(S(=O)(=O)O)cc1[C@H](OCc1cn(CCCN)nn1)C(=O)N1CC(F)(F)C[C@H]1C#N.NC(=O)c1ccnc2ccccc12. The summed E-state index contributed by atoms with van der Waals surface area (Å²) < 4.78 is 68.0. The molecule has 14 nitrogen and oxygen atoms in total. The van der Waals surface area contributed by atoms with Crippen LogP contribution in [0.4, 0.5) is 8.78 Å². The van der Waals surface area contributed by atoms with E-state index in [-0.39, 0.29) is 12.2 Å². The highest BCUT2D eigenvalue weighted by molar-refractivity contribution is 7.85. The van der Waals surface area contributed by atoms with Gasteiger partial charge in [0.2, 0.25) is 5.91 Å². The van der Waals surface area contributed by atoms with E-state index in [0.717, 1.165) is 27.9 Å². The summed E-state index contributed by atoms with van der Waals surface area (Å²) in [6.07, 6.45) is 1.45. The Hall–Kier alpha value is -4.89. The Morgan fingerprint density at radius 3 is 2.66 bits per heavy atom. The van der Waals surface area contributed by atoms with Gasteiger partial charge in [-0.25, -0.2) is 8.78 Å². The zero-order valence-corrected chi connectivity index (χ0v) is 26.0. The monoisotopic (exact) mass is 670 g/mol. The molecular weight excluding hydrogens is 638 g/mol. The van der Waals surface area contributed by atoms with Gasteiger partial charge in [0.1, 0.15) is 11.7 Å². The van der Waals surface area contributed by atoms with Gasteiger partial charge in [0.15, 0.2) is 6.10 Å². The van der Waals surface area contributed by atoms with E-state index in [1.165, 1.54) is 10.7 Å². The lowest BCUT2D eigenvalue weighted by atomic mass is 10.0. The fourth-order valence-electron chi connectivity index (χ4n) is 4.92. The van der Waals surface area contributed by atoms with Gasteiger partial charge in [-0.2, -0.15) is 13.7 Å². The van der Waals surface area contributed by atoms with Crippen molar-refractivity contribution in [3.8, 4) is 6.07 Å². The van der Waals surface area contributed by atoms with Gasteiger partial charge in [-0.05, 0) is 55.3 Å². The second-order valence-corrected chi connectivity index (χ2v) is 12.1. The number of pyridine rings is 1. The second kappa shape index (κ2) is 14.7. The van der Waals surface area contributed by atoms with E-state index in [2.05, 4.69) is 15.3 Å². The van der Waals surface area contributed by atoms with Gasteiger partial charge >= 0.3 is 0 Å². The number of rotatable bonds is 10. The van der Waals surface area contributed by atoms with Crippen molar-refractivity contribution in [3.05, 3.63) is 83.3 Å². The molecule has 1 aliphatic rings. The van der Waals surface area contributed by atoms with Crippen LogP contribution in [-0.2, 0) is 32.8 Å². The first kappa shape index (κ1) is 35.0. The van der Waals surface area contributed by atoms with Crippen LogP contribution in [-0.4, -0.2) is 74.7 Å². The molecule has 1 fully saturated rings. The molecule has 0 aliphatic carbocycles. The molecule has 2 atom stereocenters. The summed E-state index contributed by atoms with van der Waals surface area (Å²) in [5.41, 5.74) is 12.8. The van der Waals surface area contributed by atoms with Crippen molar-refractivity contribution in [2.24, 2.45) is 11.5 Å². The van der Waals surface area contributed by atoms with Gasteiger partial charge in [0, 0.05) is 24.5 Å². The molecule has 1 saturated heterocycles. The molecule has 0 spiro atoms. The zero-order chi connectivity index (χ0) is 34.4. The number of hydrogen-bond acceptors (Lipinski definition) is 10. The normalized spacial score (nSPS) is 16.3. The van der Waals surface area contributed by atoms with Crippen LogP contribution in [0.25, 0.3) is 10.9 Å². The van der Waals surface area contributed by atoms with Crippen LogP contribution in [0.2, 0.25) is 0 Å². The van der Waals surface area contributed by atoms with Crippen LogP contribution in [0.15, 0.2) is 65.8 Å². The Balaban J connectivity index is 0.000000318. The number of benzene rings is 2. The molecule has 5 rings (SSSR count). The minimum Gasteiger partial charge on any atom is -0.366 e. The van der Waals surface area contributed by atoms with Gasteiger partial charge in [0.25, 0.3) is 21.9 Å². The number of alkyl halides is 2. The molecule has 1 aliphatic heterocycles. The Morgan fingerprint density at radius 1 is 1.23 bits per heavy atom. The summed E-state index contributed by atoms with van der Waals surface area (Å²) in [4.78, 5) is 28.7. The molecule has 0 unspecified atom stereocenters. The summed E-state index contributed by atoms with van der Waals surface area (Å²) in [6, 6.07) is 12.9. The van der Waals surface area contributed by atoms with Gasteiger partial charge in [-0.1, -0.05) is 29.5 Å². The predicted molar refractivity (Wildman–Crippen MR) is 163 cm³/mol. The van der Waals surface area contributed by atoms with Crippen molar-refractivity contribution >= 4 is 32.8 Å². The lowest BCUT2D eigenvalue weighted by Crippen LogP contribution is -2.40. The summed E-state index contributed by atoms with van der Waals surface area (Å²) in [7, 11) is -4.62. The summed E-state index contributed by atoms with van der Waals surface area (Å²) in [5.74, 6) is -4.61. The first-order valence-electron chi connectivity index (χ1n) is 14.2. The zero-order valence-electron chi connectivity index (χ0n) is 25.2. The number of nitriles is 1. The maximum atomic E-state index is 14.0. The van der Waals surface area contributed by atoms with Crippen molar-refractivity contribution in [2.45, 2.75) is 55.9 Å². The molecule has 2 aromatic carbocycles. The minimum atomic E-state index is -4.62. The smallest absolute Gasteiger partial charge is 0.294 e. The molecule has 2 aromatic heterocycles. The summed E-state index contributed by atoms with van der Waals surface area (Å²) in [6.45, 7) is 1.29. The number of ether oxygens (including phenoxy) is 1. The third kappa shape index (κ3) is 8.68. The number of likely N-dealkylation sites (tertiary alicyclic amines) is 1. The molecule has 0 bridgehead atoms. The van der Waals surface area contributed by atoms with E-state index in [0.29, 0.717) is 36.3 Å². The maximum absolute atomic E-state index is 14.0. The third-order valence-electron chi connectivity index (χ3n) is 7.25. The Labute approximate surface area is 268 Å². The van der Waals surface area contributed by atoms with Gasteiger partial charge in [-0.15, -0.1) is 5.10 Å². The molecule has 2 amide bonds. The average molecular weight is 671 g/mol. The third-order valence-corrected chi connectivity index (χ3v) is 8.10. The topological polar surface area (TPSA) is 220 Å². The minimum absolute atomic E-state index is 0.0440. The predicted octanol–water partition coefficient (Wildman–Crippen LogP) is 2.53. The molecule has 17 heteroatoms. The fraction of sp³-hybridized carbons (Fsp3) is 0.333. The highest BCUT2D eigenvalue weighted by Crippen LogP contribution is 2.35. The van der Waals surface area contributed by atoms with Crippen LogP contribution in [0.3, 0.4) is 0 Å². The molecule has 0 radical (unpaired) electrons. The number of halogens is 2. The largest absolute Gasteiger partial charge is 0.366 e. The van der Waals surface area contributed by atoms with E-state index in [1.807, 2.05) is 24.3 Å². The Bertz CT molecular complexity index is 1910. The number of primary amides is 1. The Kier molecular flexibility index (Phi) is 10.9. The lowest BCUT2D eigenvalue weighted by Gasteiger charge is -2.26. The quantitative estimate of drug-likeness (QED) is 0.208. The van der Waals surface area contributed by atoms with Crippen molar-refractivity contribution in [1.82, 2.24) is 24.9 Å². The van der Waals surface area contributed by atoms with Crippen LogP contribution in [0, 0.1) is 18.3 Å². The number of para-hydroxylation sites is 1. The van der Waals surface area contributed by atoms with Crippen LogP contribution >= 0.6 is 0 Å². The van der Waals surface area contributed by atoms with Crippen molar-refractivity contribution in [1.29, 1.82) is 5.26 Å². The van der Waals surface area contributed by atoms with E-state index in [4.69, 9.17) is 16.2 Å². The number of aryl methyl sites for hydroxylation is 2. The molecule has 5 N–H and O–H groups in total. The number of fused-ring (bicyclic) bond motifs is 1. The van der Waals surface area contributed by atoms with Gasteiger partial charge < -0.3 is 21.1 Å². The highest BCUT2D eigenvalue weighted by Gasteiger charge is 2.49. The van der Waals surface area contributed by atoms with Crippen molar-refractivity contribution < 1.29 is 36.1 Å². The number of carbonyl (C=O) groups excluding carboxylic acids is 2. The standard InChI is InChI=1S/C20H24F2N6O5S.C10H8N2O/c1-13-3-4-16(34(30,31)32)7-17(13)18(19(29)28-12-20(21,22)8-15(28)9-24)33-11-14-10-27(26-25-14)6-2-5-23;11-10(13)8-5-6-12-9-4-2-1-3-7(8)9/h3-4,7,10,15,18H,2,5-6,8,11-12,23H2,1H3,(H,30,31,32);1-6H,(H2,11,13)/t15-,18-;/m0./s1. The first-order chi connectivity index (χ1) is 22.2. The van der Waals surface area contributed by atoms with Crippen molar-refractivity contribution in [2.75, 3.05) is 13.1 Å². The van der Waals surface area contributed by atoms with E-state index in [1.54, 1.807) is 31.5 Å². The van der Waals surface area contributed by atoms with E-state index >= 15 is 0 Å². The molecule has 0 saturated carbocycles. The fourth-order valence-corrected chi connectivity index (χ4v) is 5.43. The molecule has 47 heavy (non-hydrogen) atoms. The number of carbonyl (C=O) groups is 2. The van der Waals surface area contributed by atoms with Crippen LogP contribution in [0.5, 0.6) is 0 Å². The average Bonchev–Trinajstić information content (AvgIpc) is 3.62. The van der Waals surface area contributed by atoms with Gasteiger partial charge in [-0.3, -0.25) is 23.8 Å². The molecule has 4 aromatic rings. The number of hydrogen-bond donors (Lipinski definition) is 3. The lowest BCUT2D eigenvalue weighted by molar-refractivity contribution is -0.146. The molecular formula is C30H32F2N8O6S. The second-order valence-electron chi connectivity index (χ2n) is 10.7. The Morgan fingerprint density at radius 2 is 1.98 bits per heavy atom. The number of nitrogens with zero attached hydrogens (tertiary/aromatic N) is 6. The summed E-state index contributed by atoms with van der Waals surface area (Å²) in [5, 5.41) is 18.0. The number of nitrogens with two attached hydrogens (primary N) is 2. The van der Waals surface area contributed by atoms with E-state index < -0.39 is 57.9 Å². The molecule has 3 heterocycles. The highest BCUT2D eigenvalue weighted by atomic mass is 32.2.